The lowest BCUT2D eigenvalue weighted by molar-refractivity contribution is 0.391. The van der Waals surface area contributed by atoms with Crippen LogP contribution in [0.25, 0.3) is 0 Å². The minimum absolute atomic E-state index is 0.293. The summed E-state index contributed by atoms with van der Waals surface area (Å²) in [6, 6.07) is 0. The number of unbranched alkanes of at least 4 members (excludes halogenated alkanes) is 1. The molecule has 1 rings (SSSR count). The topological polar surface area (TPSA) is 53.7 Å². The Hall–Kier alpha value is -1.78. The second-order valence-corrected chi connectivity index (χ2v) is 5.69. The molecule has 0 fully saturated rings. The lowest BCUT2D eigenvalue weighted by atomic mass is 10.00. The van der Waals surface area contributed by atoms with E-state index in [9.17, 15) is 0 Å². The lowest BCUT2D eigenvalue weighted by Gasteiger charge is -2.22. The Morgan fingerprint density at radius 3 is 2.77 bits per heavy atom. The van der Waals surface area contributed by atoms with E-state index in [1.54, 1.807) is 0 Å². The molecule has 22 heavy (non-hydrogen) atoms. The largest absolute Gasteiger partial charge is 0.361 e. The molecule has 5 nitrogen and oxygen atoms in total. The van der Waals surface area contributed by atoms with E-state index >= 15 is 0 Å². The smallest absolute Gasteiger partial charge is 0.193 e. The van der Waals surface area contributed by atoms with Gasteiger partial charge in [0, 0.05) is 38.2 Å². The summed E-state index contributed by atoms with van der Waals surface area (Å²) in [6.07, 6.45) is 4.07. The van der Waals surface area contributed by atoms with E-state index in [-0.39, 0.29) is 0 Å². The molecule has 0 spiro atoms. The van der Waals surface area contributed by atoms with Gasteiger partial charge in [-0.25, -0.2) is 0 Å². The fourth-order valence-electron chi connectivity index (χ4n) is 2.56. The van der Waals surface area contributed by atoms with Gasteiger partial charge >= 0.3 is 0 Å². The normalized spacial score (nSPS) is 13.0. The van der Waals surface area contributed by atoms with Gasteiger partial charge in [-0.1, -0.05) is 18.2 Å². The van der Waals surface area contributed by atoms with Crippen LogP contribution in [0.15, 0.2) is 22.2 Å². The van der Waals surface area contributed by atoms with E-state index in [4.69, 9.17) is 9.52 Å². The highest BCUT2D eigenvalue weighted by molar-refractivity contribution is 5.79. The summed E-state index contributed by atoms with van der Waals surface area (Å²) in [5.74, 6) is 2.14. The standard InChI is InChI=1S/C17H30N4O/c1-7-9-10-11-21(6)17(18-8-2)19-12-13(3)16-14(4)20-22-15(16)5/h7,13H,1,8-12H2,2-6H3,(H,18,19). The number of allylic oxidation sites excluding steroid dienone is 1. The molecule has 5 heteroatoms. The number of aryl methyl sites for hydroxylation is 2. The second-order valence-electron chi connectivity index (χ2n) is 5.69. The number of rotatable bonds is 8. The molecule has 1 heterocycles. The molecule has 0 saturated carbocycles. The molecule has 0 amide bonds. The van der Waals surface area contributed by atoms with E-state index in [1.165, 1.54) is 5.56 Å². The highest BCUT2D eigenvalue weighted by Gasteiger charge is 2.16. The van der Waals surface area contributed by atoms with Gasteiger partial charge in [-0.2, -0.15) is 0 Å². The van der Waals surface area contributed by atoms with Crippen LogP contribution in [0.1, 0.15) is 49.6 Å². The molecule has 124 valence electrons. The number of nitrogens with one attached hydrogen (secondary N) is 1. The minimum Gasteiger partial charge on any atom is -0.361 e. The Bertz CT molecular complexity index is 473. The van der Waals surface area contributed by atoms with Crippen molar-refractivity contribution in [3.63, 3.8) is 0 Å². The predicted octanol–water partition coefficient (Wildman–Crippen LogP) is 3.26. The number of hydrogen-bond acceptors (Lipinski definition) is 3. The van der Waals surface area contributed by atoms with Crippen LogP contribution in [0.5, 0.6) is 0 Å². The van der Waals surface area contributed by atoms with E-state index in [1.807, 2.05) is 19.9 Å². The number of nitrogens with zero attached hydrogens (tertiary/aromatic N) is 3. The Morgan fingerprint density at radius 1 is 1.50 bits per heavy atom. The molecule has 0 saturated heterocycles. The molecule has 0 aliphatic heterocycles. The maximum atomic E-state index is 5.25. The van der Waals surface area contributed by atoms with Gasteiger partial charge in [0.1, 0.15) is 5.76 Å². The predicted molar refractivity (Wildman–Crippen MR) is 92.4 cm³/mol. The first-order valence-electron chi connectivity index (χ1n) is 8.04. The third-order valence-corrected chi connectivity index (χ3v) is 3.69. The van der Waals surface area contributed by atoms with Gasteiger partial charge in [-0.05, 0) is 33.6 Å². The van der Waals surface area contributed by atoms with Gasteiger partial charge in [0.2, 0.25) is 0 Å². The average molecular weight is 306 g/mol. The first-order valence-corrected chi connectivity index (χ1v) is 8.04. The lowest BCUT2D eigenvalue weighted by Crippen LogP contribution is -2.39. The molecular formula is C17H30N4O. The zero-order chi connectivity index (χ0) is 16.5. The van der Waals surface area contributed by atoms with Crippen molar-refractivity contribution in [1.82, 2.24) is 15.4 Å². The van der Waals surface area contributed by atoms with Crippen molar-refractivity contribution in [2.75, 3.05) is 26.7 Å². The van der Waals surface area contributed by atoms with Crippen LogP contribution in [0.2, 0.25) is 0 Å². The second kappa shape index (κ2) is 9.28. The van der Waals surface area contributed by atoms with Gasteiger partial charge in [0.05, 0.1) is 5.69 Å². The van der Waals surface area contributed by atoms with Gasteiger partial charge in [-0.15, -0.1) is 6.58 Å². The molecule has 0 aliphatic carbocycles. The zero-order valence-electron chi connectivity index (χ0n) is 14.6. The summed E-state index contributed by atoms with van der Waals surface area (Å²) >= 11 is 0. The fourth-order valence-corrected chi connectivity index (χ4v) is 2.56. The van der Waals surface area contributed by atoms with E-state index in [0.717, 1.165) is 49.9 Å². The zero-order valence-corrected chi connectivity index (χ0v) is 14.6. The molecule has 0 radical (unpaired) electrons. The Morgan fingerprint density at radius 2 is 2.23 bits per heavy atom. The number of guanidine groups is 1. The maximum Gasteiger partial charge on any atom is 0.193 e. The third kappa shape index (κ3) is 5.20. The van der Waals surface area contributed by atoms with Crippen LogP contribution < -0.4 is 5.32 Å². The van der Waals surface area contributed by atoms with E-state index in [2.05, 4.69) is 42.8 Å². The summed E-state index contributed by atoms with van der Waals surface area (Å²) in [6.45, 7) is 14.5. The van der Waals surface area contributed by atoms with Gasteiger partial charge in [0.15, 0.2) is 5.96 Å². The van der Waals surface area contributed by atoms with Crippen molar-refractivity contribution in [2.24, 2.45) is 4.99 Å². The van der Waals surface area contributed by atoms with Crippen molar-refractivity contribution in [2.45, 2.75) is 46.5 Å². The van der Waals surface area contributed by atoms with Crippen molar-refractivity contribution in [3.05, 3.63) is 29.7 Å². The number of aliphatic imine (C=N–C) groups is 1. The van der Waals surface area contributed by atoms with Gasteiger partial charge < -0.3 is 14.7 Å². The Balaban J connectivity index is 2.70. The summed E-state index contributed by atoms with van der Waals surface area (Å²) in [5.41, 5.74) is 2.14. The van der Waals surface area contributed by atoms with Crippen LogP contribution in [-0.4, -0.2) is 42.7 Å². The van der Waals surface area contributed by atoms with Crippen molar-refractivity contribution >= 4 is 5.96 Å². The quantitative estimate of drug-likeness (QED) is 0.347. The number of hydrogen-bond donors (Lipinski definition) is 1. The molecule has 1 N–H and O–H groups in total. The van der Waals surface area contributed by atoms with Gasteiger partial charge in [-0.3, -0.25) is 4.99 Å². The van der Waals surface area contributed by atoms with Gasteiger partial charge in [0.25, 0.3) is 0 Å². The van der Waals surface area contributed by atoms with Crippen molar-refractivity contribution in [3.8, 4) is 0 Å². The monoisotopic (exact) mass is 306 g/mol. The van der Waals surface area contributed by atoms with Crippen LogP contribution >= 0.6 is 0 Å². The average Bonchev–Trinajstić information content (AvgIpc) is 2.82. The maximum absolute atomic E-state index is 5.25. The first-order chi connectivity index (χ1) is 10.5. The molecule has 1 unspecified atom stereocenters. The highest BCUT2D eigenvalue weighted by Crippen LogP contribution is 2.23. The molecule has 0 aliphatic rings. The van der Waals surface area contributed by atoms with E-state index in [0.29, 0.717) is 5.92 Å². The third-order valence-electron chi connectivity index (χ3n) is 3.69. The molecule has 1 atom stereocenters. The van der Waals surface area contributed by atoms with Crippen LogP contribution in [-0.2, 0) is 0 Å². The van der Waals surface area contributed by atoms with E-state index < -0.39 is 0 Å². The van der Waals surface area contributed by atoms with Crippen LogP contribution in [0.3, 0.4) is 0 Å². The Labute approximate surface area is 134 Å². The van der Waals surface area contributed by atoms with Crippen LogP contribution in [0.4, 0.5) is 0 Å². The van der Waals surface area contributed by atoms with Crippen molar-refractivity contribution < 1.29 is 4.52 Å². The molecule has 0 aromatic carbocycles. The minimum atomic E-state index is 0.293. The highest BCUT2D eigenvalue weighted by atomic mass is 16.5. The first kappa shape index (κ1) is 18.3. The molecule has 1 aromatic rings. The van der Waals surface area contributed by atoms with Crippen molar-refractivity contribution in [1.29, 1.82) is 0 Å². The molecule has 1 aromatic heterocycles. The fraction of sp³-hybridized carbons (Fsp3) is 0.647. The molecule has 0 bridgehead atoms. The summed E-state index contributed by atoms with van der Waals surface area (Å²) in [7, 11) is 2.07. The summed E-state index contributed by atoms with van der Waals surface area (Å²) < 4.78 is 5.25. The van der Waals surface area contributed by atoms with Crippen LogP contribution in [0, 0.1) is 13.8 Å². The SMILES string of the molecule is C=CCCCN(C)C(=NCC(C)c1c(C)noc1C)NCC. The number of aromatic nitrogens is 1. The summed E-state index contributed by atoms with van der Waals surface area (Å²) in [5, 5.41) is 7.38. The Kier molecular flexibility index (Phi) is 7.71. The molecular weight excluding hydrogens is 276 g/mol. The summed E-state index contributed by atoms with van der Waals surface area (Å²) in [4.78, 5) is 6.94.